The van der Waals surface area contributed by atoms with Crippen molar-refractivity contribution >= 4 is 35.6 Å². The molecule has 1 fully saturated rings. The quantitative estimate of drug-likeness (QED) is 0.912. The minimum atomic E-state index is -0.387. The number of benzene rings is 1. The van der Waals surface area contributed by atoms with Crippen molar-refractivity contribution in [1.82, 2.24) is 4.90 Å². The molecule has 0 spiro atoms. The molecule has 1 aliphatic heterocycles. The molecule has 1 saturated heterocycles. The highest BCUT2D eigenvalue weighted by molar-refractivity contribution is 6.33. The lowest BCUT2D eigenvalue weighted by atomic mass is 9.98. The molecule has 2 rings (SSSR count). The number of amides is 1. The van der Waals surface area contributed by atoms with E-state index in [9.17, 15) is 4.79 Å². The fourth-order valence-corrected chi connectivity index (χ4v) is 2.84. The largest absolute Gasteiger partial charge is 0.367 e. The lowest BCUT2D eigenvalue weighted by Crippen LogP contribution is -2.54. The van der Waals surface area contributed by atoms with E-state index in [1.165, 1.54) is 0 Å². The maximum atomic E-state index is 12.4. The Labute approximate surface area is 144 Å². The second-order valence-electron chi connectivity index (χ2n) is 5.68. The van der Waals surface area contributed by atoms with Crippen molar-refractivity contribution in [3.63, 3.8) is 0 Å². The number of hydrogen-bond donors (Lipinski definition) is 1. The van der Waals surface area contributed by atoms with Gasteiger partial charge in [-0.1, -0.05) is 44.0 Å². The first kappa shape index (κ1) is 19.1. The second-order valence-corrected chi connectivity index (χ2v) is 6.08. The lowest BCUT2D eigenvalue weighted by molar-refractivity contribution is -0.134. The number of anilines is 1. The summed E-state index contributed by atoms with van der Waals surface area (Å²) in [6.07, 6.45) is 0.923. The zero-order valence-corrected chi connectivity index (χ0v) is 14.7. The summed E-state index contributed by atoms with van der Waals surface area (Å²) in [7, 11) is 0. The van der Waals surface area contributed by atoms with Crippen molar-refractivity contribution in [3.8, 4) is 0 Å². The number of hydrogen-bond acceptors (Lipinski definition) is 3. The van der Waals surface area contributed by atoms with Gasteiger partial charge in [0, 0.05) is 26.2 Å². The van der Waals surface area contributed by atoms with Crippen LogP contribution >= 0.6 is 24.0 Å². The molecule has 1 heterocycles. The Morgan fingerprint density at radius 1 is 1.27 bits per heavy atom. The number of nitrogens with zero attached hydrogens (tertiary/aromatic N) is 2. The van der Waals surface area contributed by atoms with E-state index in [0.29, 0.717) is 13.1 Å². The molecule has 124 valence electrons. The van der Waals surface area contributed by atoms with Gasteiger partial charge in [0.1, 0.15) is 0 Å². The third kappa shape index (κ3) is 4.28. The molecule has 0 saturated carbocycles. The predicted octanol–water partition coefficient (Wildman–Crippen LogP) is 2.78. The van der Waals surface area contributed by atoms with Crippen molar-refractivity contribution < 1.29 is 4.79 Å². The number of nitrogens with two attached hydrogens (primary N) is 1. The average Bonchev–Trinajstić information content (AvgIpc) is 2.53. The van der Waals surface area contributed by atoms with Gasteiger partial charge in [0.2, 0.25) is 5.91 Å². The van der Waals surface area contributed by atoms with Gasteiger partial charge >= 0.3 is 0 Å². The van der Waals surface area contributed by atoms with Gasteiger partial charge in [-0.3, -0.25) is 4.79 Å². The van der Waals surface area contributed by atoms with E-state index in [1.807, 2.05) is 36.1 Å². The molecular weight excluding hydrogens is 321 g/mol. The van der Waals surface area contributed by atoms with Gasteiger partial charge < -0.3 is 15.5 Å². The van der Waals surface area contributed by atoms with Crippen molar-refractivity contribution in [1.29, 1.82) is 0 Å². The molecule has 0 aliphatic carbocycles. The van der Waals surface area contributed by atoms with Gasteiger partial charge in [-0.2, -0.15) is 0 Å². The lowest BCUT2D eigenvalue weighted by Gasteiger charge is -2.38. The van der Waals surface area contributed by atoms with Crippen LogP contribution in [0.25, 0.3) is 0 Å². The Hall–Kier alpha value is -0.970. The summed E-state index contributed by atoms with van der Waals surface area (Å²) < 4.78 is 0. The number of piperazine rings is 1. The molecule has 2 atom stereocenters. The van der Waals surface area contributed by atoms with Crippen molar-refractivity contribution in [3.05, 3.63) is 29.3 Å². The Morgan fingerprint density at radius 3 is 2.41 bits per heavy atom. The second kappa shape index (κ2) is 8.61. The highest BCUT2D eigenvalue weighted by Crippen LogP contribution is 2.26. The topological polar surface area (TPSA) is 49.6 Å². The normalized spacial score (nSPS) is 17.6. The summed E-state index contributed by atoms with van der Waals surface area (Å²) in [5, 5.41) is 0.758. The Balaban J connectivity index is 0.00000242. The summed E-state index contributed by atoms with van der Waals surface area (Å²) in [6.45, 7) is 7.09. The fourth-order valence-electron chi connectivity index (χ4n) is 2.58. The van der Waals surface area contributed by atoms with Crippen molar-refractivity contribution in [2.45, 2.75) is 26.3 Å². The Bertz CT molecular complexity index is 490. The van der Waals surface area contributed by atoms with Crippen LogP contribution in [0, 0.1) is 5.92 Å². The molecule has 2 N–H and O–H groups in total. The first-order chi connectivity index (χ1) is 10.0. The van der Waals surface area contributed by atoms with E-state index < -0.39 is 0 Å². The highest BCUT2D eigenvalue weighted by atomic mass is 35.5. The van der Waals surface area contributed by atoms with Crippen LogP contribution in [0.4, 0.5) is 5.69 Å². The van der Waals surface area contributed by atoms with E-state index >= 15 is 0 Å². The van der Waals surface area contributed by atoms with E-state index in [4.69, 9.17) is 17.3 Å². The molecule has 1 aromatic carbocycles. The van der Waals surface area contributed by atoms with Gasteiger partial charge in [0.15, 0.2) is 0 Å². The first-order valence-electron chi connectivity index (χ1n) is 7.58. The number of para-hydroxylation sites is 1. The van der Waals surface area contributed by atoms with Crippen LogP contribution in [0.2, 0.25) is 5.02 Å². The minimum absolute atomic E-state index is 0. The molecule has 1 amide bonds. The number of rotatable bonds is 4. The maximum Gasteiger partial charge on any atom is 0.239 e. The molecule has 2 unspecified atom stereocenters. The van der Waals surface area contributed by atoms with Gasteiger partial charge in [0.25, 0.3) is 0 Å². The molecule has 0 radical (unpaired) electrons. The maximum absolute atomic E-state index is 12.4. The molecule has 22 heavy (non-hydrogen) atoms. The number of carbonyl (C=O) groups excluding carboxylic acids is 1. The monoisotopic (exact) mass is 345 g/mol. The van der Waals surface area contributed by atoms with Crippen LogP contribution < -0.4 is 10.6 Å². The average molecular weight is 346 g/mol. The summed E-state index contributed by atoms with van der Waals surface area (Å²) >= 11 is 6.23. The molecule has 4 nitrogen and oxygen atoms in total. The minimum Gasteiger partial charge on any atom is -0.367 e. The highest BCUT2D eigenvalue weighted by Gasteiger charge is 2.28. The zero-order chi connectivity index (χ0) is 15.4. The van der Waals surface area contributed by atoms with Crippen LogP contribution in [0.15, 0.2) is 24.3 Å². The Kier molecular flexibility index (Phi) is 7.46. The summed E-state index contributed by atoms with van der Waals surface area (Å²) in [4.78, 5) is 16.5. The first-order valence-corrected chi connectivity index (χ1v) is 7.96. The van der Waals surface area contributed by atoms with Gasteiger partial charge in [0.05, 0.1) is 16.8 Å². The number of carbonyl (C=O) groups is 1. The molecule has 1 aromatic rings. The van der Waals surface area contributed by atoms with E-state index in [0.717, 1.165) is 30.2 Å². The predicted molar refractivity (Wildman–Crippen MR) is 94.9 cm³/mol. The zero-order valence-electron chi connectivity index (χ0n) is 13.2. The third-order valence-corrected chi connectivity index (χ3v) is 4.65. The van der Waals surface area contributed by atoms with Gasteiger partial charge in [-0.05, 0) is 18.1 Å². The molecule has 1 aliphatic rings. The van der Waals surface area contributed by atoms with Crippen LogP contribution in [0.3, 0.4) is 0 Å². The molecule has 0 bridgehead atoms. The summed E-state index contributed by atoms with van der Waals surface area (Å²) in [6, 6.07) is 7.44. The third-order valence-electron chi connectivity index (χ3n) is 4.33. The van der Waals surface area contributed by atoms with Crippen molar-refractivity contribution in [2.75, 3.05) is 31.1 Å². The molecular formula is C16H25Cl2N3O. The van der Waals surface area contributed by atoms with E-state index in [-0.39, 0.29) is 30.3 Å². The standard InChI is InChI=1S/C16H24ClN3O.ClH/c1-3-12(2)15(18)16(21)20-10-8-19(9-11-20)14-7-5-4-6-13(14)17;/h4-7,12,15H,3,8-11,18H2,1-2H3;1H. The van der Waals surface area contributed by atoms with Gasteiger partial charge in [-0.25, -0.2) is 0 Å². The fraction of sp³-hybridized carbons (Fsp3) is 0.562. The van der Waals surface area contributed by atoms with Crippen molar-refractivity contribution in [2.24, 2.45) is 11.7 Å². The SMILES string of the molecule is CCC(C)C(N)C(=O)N1CCN(c2ccccc2Cl)CC1.Cl. The summed E-state index contributed by atoms with van der Waals surface area (Å²) in [5.41, 5.74) is 7.09. The molecule has 6 heteroatoms. The van der Waals surface area contributed by atoms with Crippen LogP contribution in [-0.4, -0.2) is 43.0 Å². The van der Waals surface area contributed by atoms with E-state index in [1.54, 1.807) is 0 Å². The van der Waals surface area contributed by atoms with Crippen LogP contribution in [0.1, 0.15) is 20.3 Å². The van der Waals surface area contributed by atoms with Gasteiger partial charge in [-0.15, -0.1) is 12.4 Å². The van der Waals surface area contributed by atoms with Crippen LogP contribution in [0.5, 0.6) is 0 Å². The van der Waals surface area contributed by atoms with E-state index in [2.05, 4.69) is 11.8 Å². The van der Waals surface area contributed by atoms with Crippen LogP contribution in [-0.2, 0) is 4.79 Å². The Morgan fingerprint density at radius 2 is 1.86 bits per heavy atom. The molecule has 0 aromatic heterocycles. The number of halogens is 2. The smallest absolute Gasteiger partial charge is 0.239 e. The summed E-state index contributed by atoms with van der Waals surface area (Å²) in [5.74, 6) is 0.294.